The van der Waals surface area contributed by atoms with Crippen molar-refractivity contribution in [3.63, 3.8) is 0 Å². The SMILES string of the molecule is Cn1nc(Cc2ccc(F)cc2Cl)n(CC2CCC(C(F)(F)F)CC2)c1=O. The van der Waals surface area contributed by atoms with Gasteiger partial charge in [-0.15, -0.1) is 0 Å². The van der Waals surface area contributed by atoms with Crippen LogP contribution in [0.4, 0.5) is 17.6 Å². The van der Waals surface area contributed by atoms with Gasteiger partial charge in [-0.3, -0.25) is 4.57 Å². The van der Waals surface area contributed by atoms with Crippen LogP contribution in [0.15, 0.2) is 23.0 Å². The number of aryl methyl sites for hydroxylation is 1. The molecule has 1 heterocycles. The molecule has 1 aliphatic carbocycles. The molecule has 0 aliphatic heterocycles. The molecular formula is C18H20ClF4N3O. The van der Waals surface area contributed by atoms with Gasteiger partial charge in [0.2, 0.25) is 0 Å². The standard InChI is InChI=1S/C18H20ClF4N3O/c1-25-17(27)26(10-11-2-5-13(6-3-11)18(21,22)23)16(24-25)8-12-4-7-14(20)9-15(12)19/h4,7,9,11,13H,2-3,5-6,8,10H2,1H3. The van der Waals surface area contributed by atoms with E-state index in [2.05, 4.69) is 5.10 Å². The van der Waals surface area contributed by atoms with Crippen LogP contribution in [0.3, 0.4) is 0 Å². The van der Waals surface area contributed by atoms with Crippen LogP contribution in [0.1, 0.15) is 37.1 Å². The van der Waals surface area contributed by atoms with E-state index < -0.39 is 17.9 Å². The summed E-state index contributed by atoms with van der Waals surface area (Å²) >= 11 is 6.06. The van der Waals surface area contributed by atoms with Gasteiger partial charge in [-0.25, -0.2) is 13.9 Å². The molecule has 0 saturated heterocycles. The number of hydrogen-bond donors (Lipinski definition) is 0. The normalized spacial score (nSPS) is 20.8. The highest BCUT2D eigenvalue weighted by Crippen LogP contribution is 2.39. The Balaban J connectivity index is 1.76. The lowest BCUT2D eigenvalue weighted by atomic mass is 9.81. The highest BCUT2D eigenvalue weighted by atomic mass is 35.5. The van der Waals surface area contributed by atoms with Gasteiger partial charge in [-0.05, 0) is 49.3 Å². The zero-order valence-electron chi connectivity index (χ0n) is 14.8. The minimum atomic E-state index is -4.15. The Bertz CT molecular complexity index is 866. The smallest absolute Gasteiger partial charge is 0.278 e. The lowest BCUT2D eigenvalue weighted by Gasteiger charge is -2.30. The van der Waals surface area contributed by atoms with Crippen LogP contribution in [-0.4, -0.2) is 20.5 Å². The lowest BCUT2D eigenvalue weighted by molar-refractivity contribution is -0.184. The summed E-state index contributed by atoms with van der Waals surface area (Å²) in [5.41, 5.74) is 0.312. The van der Waals surface area contributed by atoms with E-state index in [-0.39, 0.29) is 35.9 Å². The average molecular weight is 406 g/mol. The Kier molecular flexibility index (Phi) is 5.65. The van der Waals surface area contributed by atoms with E-state index in [1.165, 1.54) is 34.5 Å². The van der Waals surface area contributed by atoms with E-state index >= 15 is 0 Å². The molecule has 1 aliphatic rings. The van der Waals surface area contributed by atoms with Crippen LogP contribution >= 0.6 is 11.6 Å². The predicted octanol–water partition coefficient (Wildman–Crippen LogP) is 4.33. The van der Waals surface area contributed by atoms with Crippen molar-refractivity contribution >= 4 is 11.6 Å². The third kappa shape index (κ3) is 4.54. The van der Waals surface area contributed by atoms with Gasteiger partial charge in [0, 0.05) is 25.0 Å². The fourth-order valence-electron chi connectivity index (χ4n) is 3.64. The molecule has 2 aromatic rings. The topological polar surface area (TPSA) is 39.8 Å². The molecule has 27 heavy (non-hydrogen) atoms. The molecule has 0 N–H and O–H groups in total. The Morgan fingerprint density at radius 1 is 1.22 bits per heavy atom. The lowest BCUT2D eigenvalue weighted by Crippen LogP contribution is -2.32. The molecule has 1 aromatic heterocycles. The first-order valence-corrected chi connectivity index (χ1v) is 9.16. The molecule has 0 radical (unpaired) electrons. The maximum atomic E-state index is 13.2. The van der Waals surface area contributed by atoms with E-state index in [4.69, 9.17) is 11.6 Å². The third-order valence-electron chi connectivity index (χ3n) is 5.20. The van der Waals surface area contributed by atoms with Crippen LogP contribution in [0.2, 0.25) is 5.02 Å². The molecule has 0 atom stereocenters. The molecule has 4 nitrogen and oxygen atoms in total. The molecule has 1 fully saturated rings. The van der Waals surface area contributed by atoms with Crippen molar-refractivity contribution in [1.29, 1.82) is 0 Å². The van der Waals surface area contributed by atoms with Gasteiger partial charge in [0.05, 0.1) is 5.92 Å². The Morgan fingerprint density at radius 3 is 2.48 bits per heavy atom. The highest BCUT2D eigenvalue weighted by Gasteiger charge is 2.41. The van der Waals surface area contributed by atoms with Gasteiger partial charge in [-0.1, -0.05) is 17.7 Å². The summed E-state index contributed by atoms with van der Waals surface area (Å²) in [6.07, 6.45) is -2.90. The second-order valence-corrected chi connectivity index (χ2v) is 7.51. The minimum absolute atomic E-state index is 0.00654. The van der Waals surface area contributed by atoms with Crippen molar-refractivity contribution < 1.29 is 17.6 Å². The van der Waals surface area contributed by atoms with E-state index in [1.54, 1.807) is 0 Å². The van der Waals surface area contributed by atoms with E-state index in [1.807, 2.05) is 0 Å². The van der Waals surface area contributed by atoms with Gasteiger partial charge in [-0.2, -0.15) is 18.3 Å². The summed E-state index contributed by atoms with van der Waals surface area (Å²) in [7, 11) is 1.52. The predicted molar refractivity (Wildman–Crippen MR) is 93.2 cm³/mol. The van der Waals surface area contributed by atoms with Crippen molar-refractivity contribution in [3.05, 3.63) is 50.9 Å². The van der Waals surface area contributed by atoms with Crippen LogP contribution in [-0.2, 0) is 20.0 Å². The molecule has 0 amide bonds. The Hall–Kier alpha value is -1.83. The number of halogens is 5. The zero-order chi connectivity index (χ0) is 19.8. The number of benzene rings is 1. The third-order valence-corrected chi connectivity index (χ3v) is 5.55. The van der Waals surface area contributed by atoms with E-state index in [0.29, 0.717) is 30.8 Å². The number of alkyl halides is 3. The molecule has 9 heteroatoms. The molecule has 0 unspecified atom stereocenters. The van der Waals surface area contributed by atoms with Crippen LogP contribution in [0.5, 0.6) is 0 Å². The second-order valence-electron chi connectivity index (χ2n) is 7.10. The monoisotopic (exact) mass is 405 g/mol. The first kappa shape index (κ1) is 19.9. The van der Waals surface area contributed by atoms with Crippen molar-refractivity contribution in [2.24, 2.45) is 18.9 Å². The quantitative estimate of drug-likeness (QED) is 0.710. The first-order chi connectivity index (χ1) is 12.6. The molecule has 1 aromatic carbocycles. The Labute approximate surface area is 158 Å². The van der Waals surface area contributed by atoms with Gasteiger partial charge in [0.1, 0.15) is 11.6 Å². The highest BCUT2D eigenvalue weighted by molar-refractivity contribution is 6.31. The van der Waals surface area contributed by atoms with Crippen LogP contribution < -0.4 is 5.69 Å². The summed E-state index contributed by atoms with van der Waals surface area (Å²) in [5, 5.41) is 4.46. The van der Waals surface area contributed by atoms with Gasteiger partial charge >= 0.3 is 11.9 Å². The molecule has 148 valence electrons. The van der Waals surface area contributed by atoms with Gasteiger partial charge < -0.3 is 0 Å². The molecule has 3 rings (SSSR count). The zero-order valence-corrected chi connectivity index (χ0v) is 15.5. The summed E-state index contributed by atoms with van der Waals surface area (Å²) < 4.78 is 54.4. The summed E-state index contributed by atoms with van der Waals surface area (Å²) in [5.74, 6) is -1.25. The van der Waals surface area contributed by atoms with Gasteiger partial charge in [0.25, 0.3) is 0 Å². The minimum Gasteiger partial charge on any atom is -0.278 e. The van der Waals surface area contributed by atoms with Crippen molar-refractivity contribution in [2.45, 2.75) is 44.8 Å². The first-order valence-electron chi connectivity index (χ1n) is 8.78. The summed E-state index contributed by atoms with van der Waals surface area (Å²) in [4.78, 5) is 12.4. The number of rotatable bonds is 4. The van der Waals surface area contributed by atoms with Crippen molar-refractivity contribution in [3.8, 4) is 0 Å². The summed E-state index contributed by atoms with van der Waals surface area (Å²) in [6, 6.07) is 4.02. The summed E-state index contributed by atoms with van der Waals surface area (Å²) in [6.45, 7) is 0.325. The van der Waals surface area contributed by atoms with E-state index in [9.17, 15) is 22.4 Å². The molecule has 0 spiro atoms. The number of aromatic nitrogens is 3. The fraction of sp³-hybridized carbons (Fsp3) is 0.556. The van der Waals surface area contributed by atoms with Crippen molar-refractivity contribution in [2.75, 3.05) is 0 Å². The van der Waals surface area contributed by atoms with E-state index in [0.717, 1.165) is 0 Å². The van der Waals surface area contributed by atoms with Gasteiger partial charge in [0.15, 0.2) is 0 Å². The van der Waals surface area contributed by atoms with Crippen LogP contribution in [0.25, 0.3) is 0 Å². The molecule has 1 saturated carbocycles. The molecule has 0 bridgehead atoms. The van der Waals surface area contributed by atoms with Crippen LogP contribution in [0, 0.1) is 17.7 Å². The second kappa shape index (κ2) is 7.66. The fourth-order valence-corrected chi connectivity index (χ4v) is 3.87. The maximum absolute atomic E-state index is 13.2. The molecular weight excluding hydrogens is 386 g/mol. The van der Waals surface area contributed by atoms with Crippen molar-refractivity contribution in [1.82, 2.24) is 14.3 Å². The number of hydrogen-bond acceptors (Lipinski definition) is 2. The maximum Gasteiger partial charge on any atom is 0.391 e. The number of nitrogens with zero attached hydrogens (tertiary/aromatic N) is 3. The average Bonchev–Trinajstić information content (AvgIpc) is 2.85. The Morgan fingerprint density at radius 2 is 1.89 bits per heavy atom. The largest absolute Gasteiger partial charge is 0.391 e.